The van der Waals surface area contributed by atoms with Crippen molar-refractivity contribution in [1.29, 1.82) is 0 Å². The minimum atomic E-state index is -0.0585. The van der Waals surface area contributed by atoms with Crippen molar-refractivity contribution < 1.29 is 4.79 Å². The molecule has 2 amide bonds. The lowest BCUT2D eigenvalue weighted by molar-refractivity contribution is 0.162. The van der Waals surface area contributed by atoms with E-state index in [1.54, 1.807) is 0 Å². The van der Waals surface area contributed by atoms with Gasteiger partial charge in [-0.05, 0) is 60.7 Å². The molecule has 0 radical (unpaired) electrons. The van der Waals surface area contributed by atoms with Crippen LogP contribution in [0.4, 0.5) is 10.5 Å². The number of fused-ring (bicyclic) bond motifs is 3. The van der Waals surface area contributed by atoms with Gasteiger partial charge in [0.1, 0.15) is 0 Å². The Balaban J connectivity index is 1.77. The van der Waals surface area contributed by atoms with Crippen LogP contribution in [0, 0.1) is 19.8 Å². The Kier molecular flexibility index (Phi) is 4.71. The molecule has 2 heterocycles. The lowest BCUT2D eigenvalue weighted by Crippen LogP contribution is -2.39. The number of hydrogen-bond donors (Lipinski definition) is 1. The van der Waals surface area contributed by atoms with Crippen LogP contribution in [-0.2, 0) is 6.54 Å². The molecule has 0 aliphatic carbocycles. The SMILES string of the molecule is Cc1cccc(NC(=O)N2Cc3ccccc3-n3cccc3[C@@H]2C(C)C)c1C. The van der Waals surface area contributed by atoms with Gasteiger partial charge >= 0.3 is 6.03 Å². The monoisotopic (exact) mass is 373 g/mol. The summed E-state index contributed by atoms with van der Waals surface area (Å²) in [5.74, 6) is 0.285. The number of carbonyl (C=O) groups is 1. The quantitative estimate of drug-likeness (QED) is 0.602. The van der Waals surface area contributed by atoms with E-state index in [1.807, 2.05) is 30.0 Å². The summed E-state index contributed by atoms with van der Waals surface area (Å²) >= 11 is 0. The normalized spacial score (nSPS) is 15.8. The highest BCUT2D eigenvalue weighted by molar-refractivity contribution is 5.90. The largest absolute Gasteiger partial charge is 0.322 e. The molecule has 4 rings (SSSR count). The summed E-state index contributed by atoms with van der Waals surface area (Å²) in [6.45, 7) is 9.05. The van der Waals surface area contributed by atoms with Gasteiger partial charge in [0.15, 0.2) is 0 Å². The zero-order valence-corrected chi connectivity index (χ0v) is 16.9. The van der Waals surface area contributed by atoms with Gasteiger partial charge < -0.3 is 14.8 Å². The average Bonchev–Trinajstić information content (AvgIpc) is 3.09. The van der Waals surface area contributed by atoms with Crippen LogP contribution in [0.15, 0.2) is 60.8 Å². The van der Waals surface area contributed by atoms with Crippen molar-refractivity contribution in [2.45, 2.75) is 40.3 Å². The molecule has 0 fully saturated rings. The minimum absolute atomic E-state index is 0.00693. The van der Waals surface area contributed by atoms with Crippen molar-refractivity contribution in [3.8, 4) is 5.69 Å². The maximum Gasteiger partial charge on any atom is 0.322 e. The number of anilines is 1. The zero-order valence-electron chi connectivity index (χ0n) is 16.9. The number of para-hydroxylation sites is 1. The topological polar surface area (TPSA) is 37.3 Å². The predicted octanol–water partition coefficient (Wildman–Crippen LogP) is 5.84. The molecule has 2 aromatic carbocycles. The number of urea groups is 1. The van der Waals surface area contributed by atoms with Crippen LogP contribution < -0.4 is 5.32 Å². The lowest BCUT2D eigenvalue weighted by atomic mass is 9.99. The highest BCUT2D eigenvalue weighted by atomic mass is 16.2. The fourth-order valence-electron chi connectivity index (χ4n) is 4.15. The second-order valence-electron chi connectivity index (χ2n) is 7.93. The van der Waals surface area contributed by atoms with Crippen molar-refractivity contribution >= 4 is 11.7 Å². The van der Waals surface area contributed by atoms with E-state index >= 15 is 0 Å². The maximum atomic E-state index is 13.4. The Morgan fingerprint density at radius 3 is 2.61 bits per heavy atom. The molecule has 4 nitrogen and oxygen atoms in total. The standard InChI is InChI=1S/C24H27N3O/c1-16(2)23-22-13-8-14-26(22)21-12-6-5-10-19(21)15-27(23)24(28)25-20-11-7-9-17(3)18(20)4/h5-14,16,23H,15H2,1-4H3,(H,25,28)/t23-/m0/s1. The van der Waals surface area contributed by atoms with Crippen molar-refractivity contribution in [2.75, 3.05) is 5.32 Å². The lowest BCUT2D eigenvalue weighted by Gasteiger charge is -2.33. The molecule has 28 heavy (non-hydrogen) atoms. The molecule has 0 spiro atoms. The van der Waals surface area contributed by atoms with Crippen molar-refractivity contribution in [2.24, 2.45) is 5.92 Å². The van der Waals surface area contributed by atoms with Gasteiger partial charge in [0.2, 0.25) is 0 Å². The van der Waals surface area contributed by atoms with E-state index in [0.29, 0.717) is 6.54 Å². The molecule has 1 atom stereocenters. The van der Waals surface area contributed by atoms with Crippen molar-refractivity contribution in [1.82, 2.24) is 9.47 Å². The van der Waals surface area contributed by atoms with E-state index in [0.717, 1.165) is 28.2 Å². The third kappa shape index (κ3) is 3.09. The van der Waals surface area contributed by atoms with E-state index in [2.05, 4.69) is 73.3 Å². The van der Waals surface area contributed by atoms with Gasteiger partial charge in [0.25, 0.3) is 0 Å². The Hall–Kier alpha value is -3.01. The second-order valence-corrected chi connectivity index (χ2v) is 7.93. The molecular weight excluding hydrogens is 346 g/mol. The van der Waals surface area contributed by atoms with Gasteiger partial charge in [0, 0.05) is 17.6 Å². The second kappa shape index (κ2) is 7.19. The van der Waals surface area contributed by atoms with Crippen molar-refractivity contribution in [3.05, 3.63) is 83.2 Å². The van der Waals surface area contributed by atoms with Crippen LogP contribution in [-0.4, -0.2) is 15.5 Å². The van der Waals surface area contributed by atoms with E-state index < -0.39 is 0 Å². The molecule has 4 heteroatoms. The smallest absolute Gasteiger partial charge is 0.318 e. The Morgan fingerprint density at radius 2 is 1.82 bits per heavy atom. The van der Waals surface area contributed by atoms with Gasteiger partial charge in [-0.15, -0.1) is 0 Å². The summed E-state index contributed by atoms with van der Waals surface area (Å²) in [4.78, 5) is 15.4. The van der Waals surface area contributed by atoms with E-state index in [9.17, 15) is 4.79 Å². The maximum absolute atomic E-state index is 13.4. The third-order valence-electron chi connectivity index (χ3n) is 5.75. The van der Waals surface area contributed by atoms with Gasteiger partial charge in [-0.2, -0.15) is 0 Å². The highest BCUT2D eigenvalue weighted by Gasteiger charge is 2.33. The fourth-order valence-corrected chi connectivity index (χ4v) is 4.15. The molecule has 144 valence electrons. The third-order valence-corrected chi connectivity index (χ3v) is 5.75. The van der Waals surface area contributed by atoms with Crippen LogP contribution in [0.25, 0.3) is 5.69 Å². The Bertz CT molecular complexity index is 1020. The summed E-state index contributed by atoms with van der Waals surface area (Å²) in [6.07, 6.45) is 2.09. The van der Waals surface area contributed by atoms with Gasteiger partial charge in [0.05, 0.1) is 18.3 Å². The molecule has 0 bridgehead atoms. The van der Waals surface area contributed by atoms with Gasteiger partial charge in [-0.3, -0.25) is 0 Å². The number of rotatable bonds is 2. The summed E-state index contributed by atoms with van der Waals surface area (Å²) in [6, 6.07) is 18.5. The van der Waals surface area contributed by atoms with Gasteiger partial charge in [-0.1, -0.05) is 44.2 Å². The number of carbonyl (C=O) groups excluding carboxylic acids is 1. The molecule has 3 aromatic rings. The molecular formula is C24H27N3O. The molecule has 0 saturated heterocycles. The molecule has 1 aliphatic heterocycles. The summed E-state index contributed by atoms with van der Waals surface area (Å²) in [7, 11) is 0. The van der Waals surface area contributed by atoms with E-state index in [4.69, 9.17) is 0 Å². The van der Waals surface area contributed by atoms with E-state index in [-0.39, 0.29) is 18.0 Å². The summed E-state index contributed by atoms with van der Waals surface area (Å²) in [5.41, 5.74) is 6.61. The average molecular weight is 374 g/mol. The number of amides is 2. The van der Waals surface area contributed by atoms with Crippen LogP contribution in [0.2, 0.25) is 0 Å². The number of nitrogens with zero attached hydrogens (tertiary/aromatic N) is 2. The fraction of sp³-hybridized carbons (Fsp3) is 0.292. The van der Waals surface area contributed by atoms with E-state index in [1.165, 1.54) is 5.56 Å². The molecule has 1 N–H and O–H groups in total. The Morgan fingerprint density at radius 1 is 1.04 bits per heavy atom. The minimum Gasteiger partial charge on any atom is -0.318 e. The first-order chi connectivity index (χ1) is 13.5. The highest BCUT2D eigenvalue weighted by Crippen LogP contribution is 2.37. The van der Waals surface area contributed by atoms with Crippen LogP contribution in [0.5, 0.6) is 0 Å². The number of hydrogen-bond acceptors (Lipinski definition) is 1. The van der Waals surface area contributed by atoms with Crippen LogP contribution in [0.3, 0.4) is 0 Å². The van der Waals surface area contributed by atoms with Crippen LogP contribution >= 0.6 is 0 Å². The number of aryl methyl sites for hydroxylation is 1. The number of nitrogens with one attached hydrogen (secondary N) is 1. The van der Waals surface area contributed by atoms with Crippen LogP contribution in [0.1, 0.15) is 42.3 Å². The number of benzene rings is 2. The molecule has 1 aliphatic rings. The first-order valence-corrected chi connectivity index (χ1v) is 9.86. The number of aromatic nitrogens is 1. The first kappa shape index (κ1) is 18.4. The molecule has 0 saturated carbocycles. The van der Waals surface area contributed by atoms with Crippen molar-refractivity contribution in [3.63, 3.8) is 0 Å². The first-order valence-electron chi connectivity index (χ1n) is 9.86. The Labute approximate surface area is 166 Å². The summed E-state index contributed by atoms with van der Waals surface area (Å²) in [5, 5.41) is 3.16. The summed E-state index contributed by atoms with van der Waals surface area (Å²) < 4.78 is 2.23. The molecule has 1 aromatic heterocycles. The molecule has 0 unspecified atom stereocenters. The zero-order chi connectivity index (χ0) is 19.8. The van der Waals surface area contributed by atoms with Gasteiger partial charge in [-0.25, -0.2) is 4.79 Å². The predicted molar refractivity (Wildman–Crippen MR) is 114 cm³/mol.